The minimum Gasteiger partial charge on any atom is -0.394 e. The number of halogens is 4. The van der Waals surface area contributed by atoms with Crippen LogP contribution in [-0.4, -0.2) is 63.7 Å². The number of hydrogen-bond acceptors (Lipinski definition) is 6. The highest BCUT2D eigenvalue weighted by Crippen LogP contribution is 2.32. The van der Waals surface area contributed by atoms with E-state index in [9.17, 15) is 24.9 Å². The standard InChI is InChI=1S/C13H14I4N2O6/c14-7-5(12(18)24)8(15)10(17)6(9(7)16)13(25)19-1-3(21)11(23)4(22)2-20/h3-4,11,20-23H,1-2H2,(H2,18,24)(H,19,25). The minimum absolute atomic E-state index is 0.324. The van der Waals surface area contributed by atoms with Crippen LogP contribution in [0.4, 0.5) is 0 Å². The van der Waals surface area contributed by atoms with Gasteiger partial charge in [-0.3, -0.25) is 9.59 Å². The van der Waals surface area contributed by atoms with Crippen molar-refractivity contribution < 1.29 is 30.0 Å². The van der Waals surface area contributed by atoms with E-state index in [4.69, 9.17) is 10.8 Å². The Balaban J connectivity index is 3.06. The number of aliphatic hydroxyl groups is 4. The molecule has 0 radical (unpaired) electrons. The van der Waals surface area contributed by atoms with E-state index in [1.165, 1.54) is 0 Å². The van der Waals surface area contributed by atoms with E-state index in [1.54, 1.807) is 0 Å². The smallest absolute Gasteiger partial charge is 0.253 e. The zero-order valence-corrected chi connectivity index (χ0v) is 21.0. The highest BCUT2D eigenvalue weighted by molar-refractivity contribution is 14.1. The van der Waals surface area contributed by atoms with E-state index < -0.39 is 36.7 Å². The first-order chi connectivity index (χ1) is 11.5. The molecule has 1 rings (SSSR count). The van der Waals surface area contributed by atoms with Gasteiger partial charge in [0.05, 0.1) is 23.8 Å². The zero-order valence-electron chi connectivity index (χ0n) is 12.3. The van der Waals surface area contributed by atoms with Gasteiger partial charge in [-0.15, -0.1) is 0 Å². The van der Waals surface area contributed by atoms with Crippen molar-refractivity contribution in [2.45, 2.75) is 18.3 Å². The number of primary amides is 1. The Labute approximate surface area is 197 Å². The second kappa shape index (κ2) is 10.5. The molecule has 1 aromatic carbocycles. The number of carbonyl (C=O) groups excluding carboxylic acids is 2. The van der Waals surface area contributed by atoms with Crippen molar-refractivity contribution >= 4 is 102 Å². The van der Waals surface area contributed by atoms with Gasteiger partial charge in [0, 0.05) is 20.8 Å². The van der Waals surface area contributed by atoms with E-state index in [2.05, 4.69) is 5.32 Å². The molecule has 25 heavy (non-hydrogen) atoms. The van der Waals surface area contributed by atoms with Gasteiger partial charge in [0.2, 0.25) is 0 Å². The lowest BCUT2D eigenvalue weighted by Gasteiger charge is -2.22. The van der Waals surface area contributed by atoms with Crippen molar-refractivity contribution in [3.63, 3.8) is 0 Å². The van der Waals surface area contributed by atoms with E-state index in [0.29, 0.717) is 25.4 Å². The molecule has 0 saturated carbocycles. The molecular formula is C13H14I4N2O6. The van der Waals surface area contributed by atoms with Crippen molar-refractivity contribution in [3.8, 4) is 0 Å². The first-order valence-electron chi connectivity index (χ1n) is 6.63. The summed E-state index contributed by atoms with van der Waals surface area (Å²) in [5.74, 6) is -1.10. The number of rotatable bonds is 7. The van der Waals surface area contributed by atoms with Gasteiger partial charge in [0.25, 0.3) is 11.8 Å². The molecule has 0 fully saturated rings. The summed E-state index contributed by atoms with van der Waals surface area (Å²) in [5.41, 5.74) is 6.06. The maximum atomic E-state index is 12.5. The molecule has 0 aromatic heterocycles. The van der Waals surface area contributed by atoms with Crippen LogP contribution < -0.4 is 11.1 Å². The van der Waals surface area contributed by atoms with Crippen molar-refractivity contribution in [2.75, 3.05) is 13.2 Å². The fourth-order valence-electron chi connectivity index (χ4n) is 1.82. The molecule has 1 aromatic rings. The lowest BCUT2D eigenvalue weighted by atomic mass is 10.1. The molecule has 7 N–H and O–H groups in total. The molecule has 3 unspecified atom stereocenters. The third kappa shape index (κ3) is 5.70. The Morgan fingerprint density at radius 3 is 1.76 bits per heavy atom. The van der Waals surface area contributed by atoms with Crippen LogP contribution in [0.2, 0.25) is 0 Å². The van der Waals surface area contributed by atoms with Crippen LogP contribution in [0.15, 0.2) is 0 Å². The average Bonchev–Trinajstić information content (AvgIpc) is 2.56. The summed E-state index contributed by atoms with van der Waals surface area (Å²) in [6, 6.07) is 0. The molecular weight excluding hydrogens is 788 g/mol. The van der Waals surface area contributed by atoms with E-state index in [1.807, 2.05) is 90.4 Å². The average molecular weight is 802 g/mol. The van der Waals surface area contributed by atoms with Crippen LogP contribution in [0, 0.1) is 14.3 Å². The Morgan fingerprint density at radius 2 is 1.36 bits per heavy atom. The molecule has 12 heteroatoms. The van der Waals surface area contributed by atoms with E-state index >= 15 is 0 Å². The highest BCUT2D eigenvalue weighted by atomic mass is 127. The second-order valence-corrected chi connectivity index (χ2v) is 9.20. The molecule has 0 aliphatic rings. The number of carbonyl (C=O) groups is 2. The molecule has 0 heterocycles. The maximum Gasteiger partial charge on any atom is 0.253 e. The van der Waals surface area contributed by atoms with E-state index in [0.717, 1.165) is 0 Å². The number of nitrogens with two attached hydrogens (primary N) is 1. The van der Waals surface area contributed by atoms with Gasteiger partial charge in [-0.1, -0.05) is 0 Å². The lowest BCUT2D eigenvalue weighted by molar-refractivity contribution is -0.0743. The van der Waals surface area contributed by atoms with Gasteiger partial charge < -0.3 is 31.5 Å². The first kappa shape index (κ1) is 24.0. The molecule has 0 bridgehead atoms. The predicted octanol–water partition coefficient (Wildman–Crippen LogP) is 0.00870. The zero-order chi connectivity index (χ0) is 19.5. The molecule has 0 aliphatic heterocycles. The fourth-order valence-corrected chi connectivity index (χ4v) is 6.03. The Bertz CT molecular complexity index is 658. The van der Waals surface area contributed by atoms with Crippen molar-refractivity contribution in [1.29, 1.82) is 0 Å². The molecule has 0 spiro atoms. The lowest BCUT2D eigenvalue weighted by Crippen LogP contribution is -2.46. The topological polar surface area (TPSA) is 153 Å². The van der Waals surface area contributed by atoms with Crippen LogP contribution in [-0.2, 0) is 0 Å². The predicted molar refractivity (Wildman–Crippen MR) is 123 cm³/mol. The SMILES string of the molecule is NC(=O)c1c(I)c(I)c(C(=O)NCC(O)C(O)C(O)CO)c(I)c1I. The summed E-state index contributed by atoms with van der Waals surface area (Å²) in [6.07, 6.45) is -4.56. The first-order valence-corrected chi connectivity index (χ1v) is 10.9. The van der Waals surface area contributed by atoms with Crippen LogP contribution >= 0.6 is 90.4 Å². The summed E-state index contributed by atoms with van der Waals surface area (Å²) in [7, 11) is 0. The maximum absolute atomic E-state index is 12.5. The van der Waals surface area contributed by atoms with Gasteiger partial charge in [0.15, 0.2) is 0 Å². The molecule has 140 valence electrons. The van der Waals surface area contributed by atoms with Gasteiger partial charge in [-0.25, -0.2) is 0 Å². The number of hydrogen-bond donors (Lipinski definition) is 6. The summed E-state index contributed by atoms with van der Waals surface area (Å²) < 4.78 is 2.19. The minimum atomic E-state index is -1.60. The third-order valence-electron chi connectivity index (χ3n) is 3.18. The van der Waals surface area contributed by atoms with Crippen LogP contribution in [0.25, 0.3) is 0 Å². The highest BCUT2D eigenvalue weighted by Gasteiger charge is 2.28. The normalized spacial score (nSPS) is 14.7. The molecule has 3 atom stereocenters. The van der Waals surface area contributed by atoms with Crippen molar-refractivity contribution in [1.82, 2.24) is 5.32 Å². The quantitative estimate of drug-likeness (QED) is 0.169. The molecule has 2 amide bonds. The van der Waals surface area contributed by atoms with Crippen molar-refractivity contribution in [2.24, 2.45) is 5.73 Å². The Morgan fingerprint density at radius 1 is 0.920 bits per heavy atom. The monoisotopic (exact) mass is 802 g/mol. The van der Waals surface area contributed by atoms with E-state index in [-0.39, 0.29) is 6.54 Å². The largest absolute Gasteiger partial charge is 0.394 e. The Hall–Kier alpha value is 0.920. The summed E-state index contributed by atoms with van der Waals surface area (Å²) in [5, 5.41) is 39.9. The van der Waals surface area contributed by atoms with Gasteiger partial charge in [-0.2, -0.15) is 0 Å². The molecule has 0 aliphatic carbocycles. The molecule has 8 nitrogen and oxygen atoms in total. The van der Waals surface area contributed by atoms with Gasteiger partial charge in [-0.05, 0) is 90.4 Å². The van der Waals surface area contributed by atoms with Crippen LogP contribution in [0.1, 0.15) is 20.7 Å². The second-order valence-electron chi connectivity index (χ2n) is 4.89. The summed E-state index contributed by atoms with van der Waals surface area (Å²) >= 11 is 7.76. The van der Waals surface area contributed by atoms with Crippen LogP contribution in [0.3, 0.4) is 0 Å². The number of benzene rings is 1. The Kier molecular flexibility index (Phi) is 10.0. The summed E-state index contributed by atoms with van der Waals surface area (Å²) in [6.45, 7) is -1.04. The summed E-state index contributed by atoms with van der Waals surface area (Å²) in [4.78, 5) is 24.1. The van der Waals surface area contributed by atoms with Crippen LogP contribution in [0.5, 0.6) is 0 Å². The van der Waals surface area contributed by atoms with Gasteiger partial charge in [0.1, 0.15) is 12.2 Å². The number of aliphatic hydroxyl groups excluding tert-OH is 4. The molecule has 0 saturated heterocycles. The number of amides is 2. The van der Waals surface area contributed by atoms with Crippen molar-refractivity contribution in [3.05, 3.63) is 25.4 Å². The third-order valence-corrected chi connectivity index (χ3v) is 9.56. The number of nitrogens with one attached hydrogen (secondary N) is 1. The van der Waals surface area contributed by atoms with Gasteiger partial charge >= 0.3 is 0 Å². The fraction of sp³-hybridized carbons (Fsp3) is 0.385.